The molecule has 0 radical (unpaired) electrons. The number of benzene rings is 2. The molecule has 0 saturated carbocycles. The van der Waals surface area contributed by atoms with Crippen molar-refractivity contribution in [2.24, 2.45) is 0 Å². The minimum atomic E-state index is 0.150. The van der Waals surface area contributed by atoms with Gasteiger partial charge in [-0.25, -0.2) is 4.98 Å². The van der Waals surface area contributed by atoms with Gasteiger partial charge in [-0.2, -0.15) is 0 Å². The molecule has 1 fully saturated rings. The minimum Gasteiger partial charge on any atom is -0.493 e. The third-order valence-corrected chi connectivity index (χ3v) is 6.49. The van der Waals surface area contributed by atoms with Gasteiger partial charge in [0.1, 0.15) is 11.6 Å². The van der Waals surface area contributed by atoms with Crippen LogP contribution in [-0.2, 0) is 17.6 Å². The van der Waals surface area contributed by atoms with Crippen LogP contribution in [0.25, 0.3) is 11.0 Å². The van der Waals surface area contributed by atoms with E-state index in [1.54, 1.807) is 19.0 Å². The molecular weight excluding hydrogens is 412 g/mol. The van der Waals surface area contributed by atoms with Crippen LogP contribution in [0.5, 0.6) is 5.75 Å². The van der Waals surface area contributed by atoms with Crippen LogP contribution in [0.3, 0.4) is 0 Å². The lowest BCUT2D eigenvalue weighted by Gasteiger charge is -2.30. The Balaban J connectivity index is 1.30. The molecule has 1 aliphatic rings. The number of rotatable bonds is 9. The normalized spacial score (nSPS) is 14.0. The van der Waals surface area contributed by atoms with Gasteiger partial charge in [0.15, 0.2) is 0 Å². The Morgan fingerprint density at radius 3 is 2.73 bits per heavy atom. The summed E-state index contributed by atoms with van der Waals surface area (Å²) in [4.78, 5) is 24.1. The maximum Gasteiger partial charge on any atom is 0.222 e. The largest absolute Gasteiger partial charge is 0.493 e. The molecule has 0 atom stereocenters. The second-order valence-corrected chi connectivity index (χ2v) is 9.22. The molecule has 1 saturated heterocycles. The van der Waals surface area contributed by atoms with Crippen LogP contribution in [0, 0.1) is 6.92 Å². The summed E-state index contributed by atoms with van der Waals surface area (Å²) in [7, 11) is 3.59. The van der Waals surface area contributed by atoms with Crippen LogP contribution in [0.15, 0.2) is 36.4 Å². The molecule has 0 bridgehead atoms. The van der Waals surface area contributed by atoms with Gasteiger partial charge in [0.25, 0.3) is 0 Å². The number of fused-ring (bicyclic) bond motifs is 1. The van der Waals surface area contributed by atoms with E-state index in [9.17, 15) is 4.79 Å². The fourth-order valence-electron chi connectivity index (χ4n) is 4.52. The highest BCUT2D eigenvalue weighted by atomic mass is 16.5. The average molecular weight is 449 g/mol. The quantitative estimate of drug-likeness (QED) is 0.473. The Bertz CT molecular complexity index is 1080. The number of aromatic nitrogens is 2. The van der Waals surface area contributed by atoms with Crippen molar-refractivity contribution in [1.82, 2.24) is 14.9 Å². The zero-order chi connectivity index (χ0) is 23.2. The van der Waals surface area contributed by atoms with Gasteiger partial charge >= 0.3 is 0 Å². The predicted molar refractivity (Wildman–Crippen MR) is 134 cm³/mol. The van der Waals surface area contributed by atoms with Crippen LogP contribution < -0.4 is 9.64 Å². The summed E-state index contributed by atoms with van der Waals surface area (Å²) in [5.74, 6) is 2.12. The first-order valence-corrected chi connectivity index (χ1v) is 12.2. The Hall–Kier alpha value is -3.02. The number of hydrogen-bond acceptors (Lipinski definition) is 4. The molecule has 176 valence electrons. The molecular formula is C27H36N4O2. The number of aromatic amines is 1. The van der Waals surface area contributed by atoms with Crippen molar-refractivity contribution in [3.63, 3.8) is 0 Å². The van der Waals surface area contributed by atoms with Crippen molar-refractivity contribution >= 4 is 22.6 Å². The standard InChI is InChI=1S/C27H36N4O2/c1-20-24(31-16-5-4-6-17-31)9-7-10-25(20)33-18-8-11-26-28-22-14-12-21(19-23(22)29-26)13-15-27(32)30(2)3/h7,9-10,12,14,19H,4-6,8,11,13,15-18H2,1-3H3,(H,28,29). The maximum absolute atomic E-state index is 11.8. The topological polar surface area (TPSA) is 61.5 Å². The van der Waals surface area contributed by atoms with Gasteiger partial charge < -0.3 is 19.5 Å². The molecule has 0 spiro atoms. The molecule has 33 heavy (non-hydrogen) atoms. The number of piperidine rings is 1. The molecule has 0 aliphatic carbocycles. The van der Waals surface area contributed by atoms with Crippen LogP contribution in [0.1, 0.15) is 49.1 Å². The molecule has 1 aromatic heterocycles. The van der Waals surface area contributed by atoms with Gasteiger partial charge in [-0.1, -0.05) is 12.1 Å². The van der Waals surface area contributed by atoms with E-state index in [1.807, 2.05) is 6.07 Å². The second kappa shape index (κ2) is 10.7. The van der Waals surface area contributed by atoms with E-state index in [4.69, 9.17) is 9.72 Å². The van der Waals surface area contributed by atoms with Crippen molar-refractivity contribution in [3.8, 4) is 5.75 Å². The Morgan fingerprint density at radius 2 is 1.94 bits per heavy atom. The van der Waals surface area contributed by atoms with Gasteiger partial charge in [-0.05, 0) is 68.9 Å². The van der Waals surface area contributed by atoms with E-state index in [2.05, 4.69) is 47.1 Å². The Kier molecular flexibility index (Phi) is 7.53. The third kappa shape index (κ3) is 5.86. The van der Waals surface area contributed by atoms with Crippen molar-refractivity contribution < 1.29 is 9.53 Å². The van der Waals surface area contributed by atoms with Crippen molar-refractivity contribution in [2.45, 2.75) is 51.9 Å². The zero-order valence-electron chi connectivity index (χ0n) is 20.2. The number of anilines is 1. The molecule has 2 aromatic carbocycles. The lowest BCUT2D eigenvalue weighted by Crippen LogP contribution is -2.30. The summed E-state index contributed by atoms with van der Waals surface area (Å²) < 4.78 is 6.15. The van der Waals surface area contributed by atoms with Gasteiger partial charge in [-0.15, -0.1) is 0 Å². The number of hydrogen-bond donors (Lipinski definition) is 1. The lowest BCUT2D eigenvalue weighted by molar-refractivity contribution is -0.128. The van der Waals surface area contributed by atoms with E-state index in [-0.39, 0.29) is 5.91 Å². The van der Waals surface area contributed by atoms with E-state index >= 15 is 0 Å². The minimum absolute atomic E-state index is 0.150. The summed E-state index contributed by atoms with van der Waals surface area (Å²) in [6, 6.07) is 12.6. The fourth-order valence-corrected chi connectivity index (χ4v) is 4.52. The number of carbonyl (C=O) groups excluding carboxylic acids is 1. The van der Waals surface area contributed by atoms with Crippen LogP contribution in [0.2, 0.25) is 0 Å². The summed E-state index contributed by atoms with van der Waals surface area (Å²) in [5.41, 5.74) is 5.71. The molecule has 2 heterocycles. The molecule has 6 nitrogen and oxygen atoms in total. The summed E-state index contributed by atoms with van der Waals surface area (Å²) in [6.45, 7) is 5.12. The van der Waals surface area contributed by atoms with Gasteiger partial charge in [-0.3, -0.25) is 4.79 Å². The van der Waals surface area contributed by atoms with E-state index < -0.39 is 0 Å². The molecule has 0 unspecified atom stereocenters. The Labute approximate surface area is 196 Å². The molecule has 6 heteroatoms. The first-order valence-electron chi connectivity index (χ1n) is 12.2. The van der Waals surface area contributed by atoms with Crippen molar-refractivity contribution in [2.75, 3.05) is 38.7 Å². The lowest BCUT2D eigenvalue weighted by atomic mass is 10.1. The van der Waals surface area contributed by atoms with Crippen molar-refractivity contribution in [1.29, 1.82) is 0 Å². The average Bonchev–Trinajstić information content (AvgIpc) is 3.23. The predicted octanol–water partition coefficient (Wildman–Crippen LogP) is 4.89. The van der Waals surface area contributed by atoms with Crippen LogP contribution in [0.4, 0.5) is 5.69 Å². The molecule has 1 aliphatic heterocycles. The van der Waals surface area contributed by atoms with Crippen LogP contribution >= 0.6 is 0 Å². The first-order chi connectivity index (χ1) is 16.0. The number of aryl methyl sites for hydroxylation is 2. The van der Waals surface area contributed by atoms with Gasteiger partial charge in [0.2, 0.25) is 5.91 Å². The number of amides is 1. The smallest absolute Gasteiger partial charge is 0.222 e. The SMILES string of the molecule is Cc1c(OCCCc2nc3ccc(CCC(=O)N(C)C)cc3[nH]2)cccc1N1CCCCC1. The van der Waals surface area contributed by atoms with Crippen molar-refractivity contribution in [3.05, 3.63) is 53.3 Å². The van der Waals surface area contributed by atoms with E-state index in [0.717, 1.165) is 60.5 Å². The summed E-state index contributed by atoms with van der Waals surface area (Å²) >= 11 is 0. The molecule has 4 rings (SSSR count). The number of carbonyl (C=O) groups is 1. The fraction of sp³-hybridized carbons (Fsp3) is 0.481. The molecule has 3 aromatic rings. The number of H-pyrrole nitrogens is 1. The zero-order valence-corrected chi connectivity index (χ0v) is 20.2. The second-order valence-electron chi connectivity index (χ2n) is 9.22. The highest BCUT2D eigenvalue weighted by Crippen LogP contribution is 2.30. The maximum atomic E-state index is 11.8. The highest BCUT2D eigenvalue weighted by molar-refractivity contribution is 5.77. The summed E-state index contributed by atoms with van der Waals surface area (Å²) in [6.07, 6.45) is 6.89. The number of ether oxygens (including phenoxy) is 1. The number of imidazole rings is 1. The molecule has 1 amide bonds. The summed E-state index contributed by atoms with van der Waals surface area (Å²) in [5, 5.41) is 0. The van der Waals surface area contributed by atoms with Gasteiger partial charge in [0, 0.05) is 51.3 Å². The first kappa shape index (κ1) is 23.1. The highest BCUT2D eigenvalue weighted by Gasteiger charge is 2.15. The number of nitrogens with zero attached hydrogens (tertiary/aromatic N) is 3. The van der Waals surface area contributed by atoms with E-state index in [0.29, 0.717) is 13.0 Å². The van der Waals surface area contributed by atoms with E-state index in [1.165, 1.54) is 30.5 Å². The Morgan fingerprint density at radius 1 is 1.12 bits per heavy atom. The number of nitrogens with one attached hydrogen (secondary N) is 1. The molecule has 1 N–H and O–H groups in total. The third-order valence-electron chi connectivity index (χ3n) is 6.49. The van der Waals surface area contributed by atoms with Gasteiger partial charge in [0.05, 0.1) is 17.6 Å². The monoisotopic (exact) mass is 448 g/mol. The van der Waals surface area contributed by atoms with Crippen LogP contribution in [-0.4, -0.2) is 54.6 Å².